The number of rotatable bonds is 2. The van der Waals surface area contributed by atoms with Gasteiger partial charge in [0.15, 0.2) is 0 Å². The molecular formula is C10H14N4O2. The molecule has 0 atom stereocenters. The third-order valence-corrected chi connectivity index (χ3v) is 2.34. The van der Waals surface area contributed by atoms with Crippen LogP contribution in [0.1, 0.15) is 24.3 Å². The lowest BCUT2D eigenvalue weighted by Gasteiger charge is -2.31. The molecule has 1 N–H and O–H groups in total. The predicted molar refractivity (Wildman–Crippen MR) is 57.8 cm³/mol. The van der Waals surface area contributed by atoms with Gasteiger partial charge in [-0.15, -0.1) is 0 Å². The lowest BCUT2D eigenvalue weighted by molar-refractivity contribution is 0.0563. The van der Waals surface area contributed by atoms with E-state index in [-0.39, 0.29) is 17.5 Å². The van der Waals surface area contributed by atoms with Crippen molar-refractivity contribution in [2.75, 3.05) is 6.54 Å². The van der Waals surface area contributed by atoms with Crippen molar-refractivity contribution >= 4 is 5.91 Å². The average molecular weight is 222 g/mol. The van der Waals surface area contributed by atoms with Crippen molar-refractivity contribution in [3.05, 3.63) is 28.4 Å². The maximum atomic E-state index is 12.0. The van der Waals surface area contributed by atoms with E-state index in [0.29, 0.717) is 18.8 Å². The van der Waals surface area contributed by atoms with Gasteiger partial charge in [-0.1, -0.05) is 0 Å². The van der Waals surface area contributed by atoms with E-state index in [1.54, 1.807) is 9.58 Å². The summed E-state index contributed by atoms with van der Waals surface area (Å²) in [4.78, 5) is 26.7. The number of nitrogens with zero attached hydrogens (tertiary/aromatic N) is 3. The number of nitrogens with one attached hydrogen (secondary N) is 1. The Bertz CT molecular complexity index is 466. The molecule has 1 aliphatic rings. The highest BCUT2D eigenvalue weighted by molar-refractivity contribution is 5.92. The van der Waals surface area contributed by atoms with E-state index in [2.05, 4.69) is 10.4 Å². The van der Waals surface area contributed by atoms with E-state index in [4.69, 9.17) is 0 Å². The first-order valence-corrected chi connectivity index (χ1v) is 5.22. The minimum atomic E-state index is -0.383. The molecule has 6 nitrogen and oxygen atoms in total. The highest BCUT2D eigenvalue weighted by atomic mass is 16.2. The van der Waals surface area contributed by atoms with Crippen LogP contribution < -0.4 is 11.0 Å². The average Bonchev–Trinajstić information content (AvgIpc) is 2.22. The molecule has 0 aliphatic carbocycles. The number of hydrogen-bond acceptors (Lipinski definition) is 4. The van der Waals surface area contributed by atoms with Gasteiger partial charge in [0.2, 0.25) is 0 Å². The maximum Gasteiger partial charge on any atom is 0.284 e. The van der Waals surface area contributed by atoms with Gasteiger partial charge in [-0.2, -0.15) is 4.98 Å². The Hall–Kier alpha value is -1.69. The largest absolute Gasteiger partial charge is 0.326 e. The van der Waals surface area contributed by atoms with Crippen LogP contribution in [0.25, 0.3) is 0 Å². The molecule has 86 valence electrons. The molecule has 2 rings (SSSR count). The fourth-order valence-corrected chi connectivity index (χ4v) is 1.67. The Morgan fingerprint density at radius 3 is 2.81 bits per heavy atom. The minimum absolute atomic E-state index is 0.181. The van der Waals surface area contributed by atoms with Crippen molar-refractivity contribution in [1.82, 2.24) is 20.0 Å². The first kappa shape index (κ1) is 10.8. The number of carbonyl (C=O) groups excluding carboxylic acids is 1. The lowest BCUT2D eigenvalue weighted by atomic mass is 10.3. The first-order chi connectivity index (χ1) is 7.58. The van der Waals surface area contributed by atoms with E-state index in [0.717, 1.165) is 0 Å². The summed E-state index contributed by atoms with van der Waals surface area (Å²) in [5.41, 5.74) is 3.04. The maximum absolute atomic E-state index is 12.0. The summed E-state index contributed by atoms with van der Waals surface area (Å²) >= 11 is 0. The Morgan fingerprint density at radius 2 is 2.12 bits per heavy atom. The Morgan fingerprint density at radius 1 is 1.38 bits per heavy atom. The van der Waals surface area contributed by atoms with Crippen LogP contribution in [0.15, 0.2) is 17.2 Å². The van der Waals surface area contributed by atoms with Crippen molar-refractivity contribution in [2.45, 2.75) is 26.4 Å². The standard InChI is InChI=1S/C10H14N4O2/c1-7(2)12-14-4-3-13-6-11-9(15)5-8(13)10(14)16/h5-7,12H,3-4H2,1-2H3. The smallest absolute Gasteiger partial charge is 0.284 e. The van der Waals surface area contributed by atoms with Gasteiger partial charge in [0, 0.05) is 18.7 Å². The molecule has 1 aromatic heterocycles. The Kier molecular flexibility index (Phi) is 2.74. The minimum Gasteiger partial charge on any atom is -0.326 e. The molecule has 1 aromatic rings. The number of aromatic nitrogens is 2. The monoisotopic (exact) mass is 222 g/mol. The molecule has 0 bridgehead atoms. The molecular weight excluding hydrogens is 208 g/mol. The van der Waals surface area contributed by atoms with Crippen LogP contribution in [0, 0.1) is 0 Å². The van der Waals surface area contributed by atoms with Crippen molar-refractivity contribution in [1.29, 1.82) is 0 Å². The Balaban J connectivity index is 2.31. The zero-order chi connectivity index (χ0) is 11.7. The molecule has 0 spiro atoms. The fraction of sp³-hybridized carbons (Fsp3) is 0.500. The number of fused-ring (bicyclic) bond motifs is 1. The van der Waals surface area contributed by atoms with E-state index in [1.165, 1.54) is 12.4 Å². The number of carbonyl (C=O) groups is 1. The van der Waals surface area contributed by atoms with E-state index in [1.807, 2.05) is 13.8 Å². The summed E-state index contributed by atoms with van der Waals surface area (Å²) < 4.78 is 1.70. The third kappa shape index (κ3) is 1.96. The summed E-state index contributed by atoms with van der Waals surface area (Å²) in [6.45, 7) is 5.14. The molecule has 1 amide bonds. The summed E-state index contributed by atoms with van der Waals surface area (Å²) in [7, 11) is 0. The van der Waals surface area contributed by atoms with Crippen LogP contribution in [0.3, 0.4) is 0 Å². The van der Waals surface area contributed by atoms with Crippen LogP contribution in [0.5, 0.6) is 0 Å². The van der Waals surface area contributed by atoms with Crippen molar-refractivity contribution in [3.63, 3.8) is 0 Å². The van der Waals surface area contributed by atoms with Gasteiger partial charge in [0.05, 0.1) is 12.9 Å². The van der Waals surface area contributed by atoms with Gasteiger partial charge in [0.1, 0.15) is 5.69 Å². The van der Waals surface area contributed by atoms with E-state index >= 15 is 0 Å². The van der Waals surface area contributed by atoms with Crippen molar-refractivity contribution < 1.29 is 4.79 Å². The number of hydrazine groups is 1. The summed E-state index contributed by atoms with van der Waals surface area (Å²) in [6, 6.07) is 1.46. The topological polar surface area (TPSA) is 67.2 Å². The van der Waals surface area contributed by atoms with Gasteiger partial charge in [0.25, 0.3) is 11.5 Å². The predicted octanol–water partition coefficient (Wildman–Crippen LogP) is -0.388. The second-order valence-electron chi connectivity index (χ2n) is 4.05. The van der Waals surface area contributed by atoms with Crippen LogP contribution in [-0.4, -0.2) is 33.1 Å². The van der Waals surface area contributed by atoms with Gasteiger partial charge in [-0.05, 0) is 13.8 Å². The second kappa shape index (κ2) is 4.05. The third-order valence-electron chi connectivity index (χ3n) is 2.34. The Labute approximate surface area is 92.9 Å². The van der Waals surface area contributed by atoms with Gasteiger partial charge in [-0.3, -0.25) is 14.6 Å². The highest BCUT2D eigenvalue weighted by Crippen LogP contribution is 2.07. The normalized spacial score (nSPS) is 15.4. The first-order valence-electron chi connectivity index (χ1n) is 5.22. The fourth-order valence-electron chi connectivity index (χ4n) is 1.67. The molecule has 16 heavy (non-hydrogen) atoms. The molecule has 2 heterocycles. The van der Waals surface area contributed by atoms with Crippen LogP contribution in [0.4, 0.5) is 0 Å². The number of amides is 1. The molecule has 0 fully saturated rings. The van der Waals surface area contributed by atoms with Crippen LogP contribution in [0.2, 0.25) is 0 Å². The summed E-state index contributed by atoms with van der Waals surface area (Å²) in [5.74, 6) is -0.181. The molecule has 0 radical (unpaired) electrons. The summed E-state index contributed by atoms with van der Waals surface area (Å²) in [5, 5.41) is 1.54. The zero-order valence-electron chi connectivity index (χ0n) is 9.30. The van der Waals surface area contributed by atoms with E-state index < -0.39 is 0 Å². The molecule has 6 heteroatoms. The van der Waals surface area contributed by atoms with Gasteiger partial charge < -0.3 is 4.57 Å². The molecule has 0 saturated carbocycles. The lowest BCUT2D eigenvalue weighted by Crippen LogP contribution is -2.51. The molecule has 0 saturated heterocycles. The quantitative estimate of drug-likeness (QED) is 0.740. The SMILES string of the molecule is CC(C)NN1CCn2cnc(=O)cc2C1=O. The van der Waals surface area contributed by atoms with Crippen molar-refractivity contribution in [3.8, 4) is 0 Å². The number of hydrogen-bond donors (Lipinski definition) is 1. The van der Waals surface area contributed by atoms with Gasteiger partial charge in [-0.25, -0.2) is 5.43 Å². The van der Waals surface area contributed by atoms with Crippen LogP contribution >= 0.6 is 0 Å². The van der Waals surface area contributed by atoms with E-state index in [9.17, 15) is 9.59 Å². The summed E-state index contributed by atoms with van der Waals surface area (Å²) in [6.07, 6.45) is 1.42. The van der Waals surface area contributed by atoms with Crippen LogP contribution in [-0.2, 0) is 6.54 Å². The molecule has 0 aromatic carbocycles. The molecule has 1 aliphatic heterocycles. The second-order valence-corrected chi connectivity index (χ2v) is 4.05. The molecule has 0 unspecified atom stereocenters. The zero-order valence-corrected chi connectivity index (χ0v) is 9.30. The highest BCUT2D eigenvalue weighted by Gasteiger charge is 2.24. The van der Waals surface area contributed by atoms with Crippen molar-refractivity contribution in [2.24, 2.45) is 0 Å². The van der Waals surface area contributed by atoms with Gasteiger partial charge >= 0.3 is 0 Å².